The Morgan fingerprint density at radius 2 is 1.65 bits per heavy atom. The third-order valence-corrected chi connectivity index (χ3v) is 4.53. The average molecular weight is 358 g/mol. The van der Waals surface area contributed by atoms with E-state index in [1.165, 1.54) is 4.90 Å². The topological polar surface area (TPSA) is 66.6 Å². The third kappa shape index (κ3) is 4.34. The Balaban J connectivity index is 2.48. The van der Waals surface area contributed by atoms with Gasteiger partial charge in [-0.2, -0.15) is 0 Å². The number of nitrogen functional groups attached to an aromatic ring is 1. The van der Waals surface area contributed by atoms with Crippen molar-refractivity contribution in [2.45, 2.75) is 46.0 Å². The van der Waals surface area contributed by atoms with Gasteiger partial charge in [0, 0.05) is 5.69 Å². The fourth-order valence-electron chi connectivity index (χ4n) is 3.38. The predicted molar refractivity (Wildman–Crippen MR) is 103 cm³/mol. The molecule has 4 nitrogen and oxygen atoms in total. The van der Waals surface area contributed by atoms with Gasteiger partial charge in [-0.25, -0.2) is 9.18 Å². The molecule has 26 heavy (non-hydrogen) atoms. The summed E-state index contributed by atoms with van der Waals surface area (Å²) in [7, 11) is 0. The van der Waals surface area contributed by atoms with Gasteiger partial charge in [-0.05, 0) is 35.6 Å². The van der Waals surface area contributed by atoms with Gasteiger partial charge in [0.1, 0.15) is 6.17 Å². The minimum Gasteiger partial charge on any atom is -0.465 e. The second kappa shape index (κ2) is 7.77. The number of nitrogens with zero attached hydrogens (tertiary/aromatic N) is 1. The van der Waals surface area contributed by atoms with Crippen LogP contribution < -0.4 is 5.73 Å². The fourth-order valence-corrected chi connectivity index (χ4v) is 3.38. The minimum absolute atomic E-state index is 0.448. The highest BCUT2D eigenvalue weighted by molar-refractivity contribution is 5.67. The molecule has 0 bridgehead atoms. The quantitative estimate of drug-likeness (QED) is 0.700. The van der Waals surface area contributed by atoms with E-state index >= 15 is 4.39 Å². The van der Waals surface area contributed by atoms with E-state index in [0.717, 1.165) is 5.56 Å². The highest BCUT2D eigenvalue weighted by Gasteiger charge is 2.40. The maximum absolute atomic E-state index is 15.2. The van der Waals surface area contributed by atoms with Gasteiger partial charge < -0.3 is 10.8 Å². The molecule has 2 rings (SSSR count). The van der Waals surface area contributed by atoms with Crippen LogP contribution in [0.2, 0.25) is 0 Å². The summed E-state index contributed by atoms with van der Waals surface area (Å²) in [6, 6.07) is 14.4. The van der Waals surface area contributed by atoms with E-state index in [1.807, 2.05) is 26.8 Å². The molecular weight excluding hydrogens is 331 g/mol. The van der Waals surface area contributed by atoms with Crippen molar-refractivity contribution in [2.24, 2.45) is 5.41 Å². The van der Waals surface area contributed by atoms with Crippen molar-refractivity contribution < 1.29 is 14.3 Å². The first-order valence-electron chi connectivity index (χ1n) is 8.68. The molecule has 0 aliphatic carbocycles. The number of rotatable bonds is 5. The Morgan fingerprint density at radius 1 is 1.08 bits per heavy atom. The monoisotopic (exact) mass is 358 g/mol. The number of amides is 1. The maximum Gasteiger partial charge on any atom is 0.408 e. The van der Waals surface area contributed by atoms with Crippen LogP contribution in [-0.4, -0.2) is 22.1 Å². The molecule has 0 saturated carbocycles. The number of hydrogen-bond donors (Lipinski definition) is 2. The summed E-state index contributed by atoms with van der Waals surface area (Å²) < 4.78 is 15.2. The summed E-state index contributed by atoms with van der Waals surface area (Å²) in [6.45, 7) is 7.44. The molecule has 3 atom stereocenters. The molecule has 0 saturated heterocycles. The van der Waals surface area contributed by atoms with Crippen molar-refractivity contribution in [1.29, 1.82) is 0 Å². The number of halogens is 1. The lowest BCUT2D eigenvalue weighted by molar-refractivity contribution is 0.0312. The number of benzene rings is 2. The number of alkyl halides is 1. The summed E-state index contributed by atoms with van der Waals surface area (Å²) >= 11 is 0. The Labute approximate surface area is 154 Å². The second-order valence-corrected chi connectivity index (χ2v) is 7.68. The fraction of sp³-hybridized carbons (Fsp3) is 0.381. The molecule has 5 heteroatoms. The molecular formula is C21H27FN2O2. The Bertz CT molecular complexity index is 743. The van der Waals surface area contributed by atoms with Crippen LogP contribution in [0, 0.1) is 5.41 Å². The van der Waals surface area contributed by atoms with Crippen molar-refractivity contribution in [3.05, 3.63) is 65.7 Å². The van der Waals surface area contributed by atoms with Gasteiger partial charge in [0.2, 0.25) is 0 Å². The van der Waals surface area contributed by atoms with E-state index in [4.69, 9.17) is 5.73 Å². The Morgan fingerprint density at radius 3 is 2.15 bits per heavy atom. The molecule has 1 unspecified atom stereocenters. The van der Waals surface area contributed by atoms with Crippen molar-refractivity contribution in [3.63, 3.8) is 0 Å². The number of carboxylic acid groups (broad SMARTS) is 1. The highest BCUT2D eigenvalue weighted by Crippen LogP contribution is 2.42. The minimum atomic E-state index is -1.43. The molecule has 0 aliphatic rings. The maximum atomic E-state index is 15.2. The van der Waals surface area contributed by atoms with Crippen molar-refractivity contribution in [2.75, 3.05) is 5.73 Å². The summed E-state index contributed by atoms with van der Waals surface area (Å²) in [4.78, 5) is 13.4. The number of carbonyl (C=O) groups is 1. The molecule has 0 radical (unpaired) electrons. The predicted octanol–water partition coefficient (Wildman–Crippen LogP) is 5.44. The van der Waals surface area contributed by atoms with Crippen LogP contribution in [0.1, 0.15) is 51.0 Å². The van der Waals surface area contributed by atoms with Gasteiger partial charge in [0.15, 0.2) is 0 Å². The van der Waals surface area contributed by atoms with Crippen LogP contribution in [0.5, 0.6) is 0 Å². The van der Waals surface area contributed by atoms with Crippen molar-refractivity contribution in [3.8, 4) is 0 Å². The molecule has 2 aromatic carbocycles. The summed E-state index contributed by atoms with van der Waals surface area (Å²) in [5, 5.41) is 9.93. The zero-order chi connectivity index (χ0) is 19.5. The molecule has 3 N–H and O–H groups in total. The van der Waals surface area contributed by atoms with Gasteiger partial charge in [-0.1, -0.05) is 63.2 Å². The van der Waals surface area contributed by atoms with Gasteiger partial charge in [0.05, 0.1) is 12.1 Å². The molecule has 0 heterocycles. The second-order valence-electron chi connectivity index (χ2n) is 7.68. The zero-order valence-electron chi connectivity index (χ0n) is 15.7. The van der Waals surface area contributed by atoms with E-state index in [2.05, 4.69) is 0 Å². The lowest BCUT2D eigenvalue weighted by Gasteiger charge is -2.43. The smallest absolute Gasteiger partial charge is 0.408 e. The van der Waals surface area contributed by atoms with E-state index < -0.39 is 29.8 Å². The van der Waals surface area contributed by atoms with Crippen LogP contribution in [0.25, 0.3) is 0 Å². The van der Waals surface area contributed by atoms with Gasteiger partial charge in [-0.3, -0.25) is 4.90 Å². The summed E-state index contributed by atoms with van der Waals surface area (Å²) in [5.41, 5.74) is 7.23. The first kappa shape index (κ1) is 19.8. The average Bonchev–Trinajstić information content (AvgIpc) is 2.57. The lowest BCUT2D eigenvalue weighted by atomic mass is 9.80. The first-order valence-corrected chi connectivity index (χ1v) is 8.68. The SMILES string of the molecule is C[C@H]([C@H](F)c1ccccc1)N(C(=O)O)C(c1cccc(N)c1)C(C)(C)C. The molecule has 2 aromatic rings. The normalized spacial score (nSPS) is 15.1. The first-order chi connectivity index (χ1) is 12.1. The molecule has 0 aliphatic heterocycles. The molecule has 0 spiro atoms. The largest absolute Gasteiger partial charge is 0.465 e. The van der Waals surface area contributed by atoms with Gasteiger partial charge in [-0.15, -0.1) is 0 Å². The van der Waals surface area contributed by atoms with Gasteiger partial charge >= 0.3 is 6.09 Å². The van der Waals surface area contributed by atoms with Crippen LogP contribution >= 0.6 is 0 Å². The Kier molecular flexibility index (Phi) is 5.90. The van der Waals surface area contributed by atoms with E-state index in [9.17, 15) is 9.90 Å². The zero-order valence-corrected chi connectivity index (χ0v) is 15.7. The highest BCUT2D eigenvalue weighted by atomic mass is 19.1. The standard InChI is InChI=1S/C21H27FN2O2/c1-14(18(22)15-9-6-5-7-10-15)24(20(25)26)19(21(2,3)4)16-11-8-12-17(23)13-16/h5-14,18-19H,23H2,1-4H3,(H,25,26)/t14-,18+,19?/m1/s1. The number of anilines is 1. The van der Waals surface area contributed by atoms with Crippen LogP contribution in [-0.2, 0) is 0 Å². The van der Waals surface area contributed by atoms with Crippen molar-refractivity contribution >= 4 is 11.8 Å². The number of nitrogens with two attached hydrogens (primary N) is 1. The third-order valence-electron chi connectivity index (χ3n) is 4.53. The molecule has 1 amide bonds. The lowest BCUT2D eigenvalue weighted by Crippen LogP contribution is -2.47. The molecule has 0 aromatic heterocycles. The van der Waals surface area contributed by atoms with Crippen LogP contribution in [0.15, 0.2) is 54.6 Å². The summed E-state index contributed by atoms with van der Waals surface area (Å²) in [6.07, 6.45) is -2.59. The van der Waals surface area contributed by atoms with E-state index in [1.54, 1.807) is 55.5 Å². The molecule has 0 fully saturated rings. The van der Waals surface area contributed by atoms with Crippen LogP contribution in [0.4, 0.5) is 14.9 Å². The Hall–Kier alpha value is -2.56. The van der Waals surface area contributed by atoms with Crippen LogP contribution in [0.3, 0.4) is 0 Å². The molecule has 140 valence electrons. The van der Waals surface area contributed by atoms with Gasteiger partial charge in [0.25, 0.3) is 0 Å². The van der Waals surface area contributed by atoms with E-state index in [-0.39, 0.29) is 0 Å². The summed E-state index contributed by atoms with van der Waals surface area (Å²) in [5.74, 6) is 0. The van der Waals surface area contributed by atoms with E-state index in [0.29, 0.717) is 11.3 Å². The number of hydrogen-bond acceptors (Lipinski definition) is 2. The van der Waals surface area contributed by atoms with Crippen molar-refractivity contribution in [1.82, 2.24) is 4.90 Å².